The van der Waals surface area contributed by atoms with Crippen molar-refractivity contribution in [3.05, 3.63) is 0 Å². The third kappa shape index (κ3) is 34.6. The molecule has 1 amide bonds. The lowest BCUT2D eigenvalue weighted by Gasteiger charge is -2.19. The van der Waals surface area contributed by atoms with Gasteiger partial charge in [0.05, 0.1) is 6.04 Å². The number of carbonyl (C=O) groups is 4. The summed E-state index contributed by atoms with van der Waals surface area (Å²) in [6, 6.07) is -0.679. The van der Waals surface area contributed by atoms with Gasteiger partial charge in [0, 0.05) is 37.3 Å². The van der Waals surface area contributed by atoms with Gasteiger partial charge in [-0.3, -0.25) is 19.2 Å². The van der Waals surface area contributed by atoms with Crippen molar-refractivity contribution < 1.29 is 33.8 Å². The molecule has 0 aromatic heterocycles. The van der Waals surface area contributed by atoms with E-state index >= 15 is 0 Å². The Balaban J connectivity index is 4.42. The van der Waals surface area contributed by atoms with Crippen LogP contribution in [-0.2, 0) is 28.7 Å². The maximum atomic E-state index is 12.7. The molecule has 2 unspecified atom stereocenters. The molecule has 0 bridgehead atoms. The minimum atomic E-state index is -0.736. The van der Waals surface area contributed by atoms with Crippen molar-refractivity contribution in [2.75, 3.05) is 24.7 Å². The minimum absolute atomic E-state index is 0.0216. The first-order valence-corrected chi connectivity index (χ1v) is 21.6. The van der Waals surface area contributed by atoms with Crippen molar-refractivity contribution in [1.29, 1.82) is 0 Å². The van der Waals surface area contributed by atoms with Crippen molar-refractivity contribution in [3.63, 3.8) is 0 Å². The minimum Gasteiger partial charge on any atom is -0.481 e. The maximum Gasteiger partial charge on any atom is 0.306 e. The summed E-state index contributed by atoms with van der Waals surface area (Å²) in [5, 5.41) is 11.6. The van der Waals surface area contributed by atoms with Crippen molar-refractivity contribution >= 4 is 35.6 Å². The Morgan fingerprint density at radius 3 is 1.48 bits per heavy atom. The zero-order chi connectivity index (χ0) is 36.9. The van der Waals surface area contributed by atoms with Gasteiger partial charge >= 0.3 is 17.9 Å². The van der Waals surface area contributed by atoms with E-state index in [1.165, 1.54) is 88.8 Å². The number of hydrogen-bond donors (Lipinski definition) is 3. The number of carbonyl (C=O) groups excluding carboxylic acids is 3. The van der Waals surface area contributed by atoms with Crippen LogP contribution in [0.5, 0.6) is 0 Å². The third-order valence-electron chi connectivity index (χ3n) is 9.00. The Bertz CT molecular complexity index is 830. The Hall–Kier alpha value is -1.81. The molecule has 0 heterocycles. The van der Waals surface area contributed by atoms with Crippen LogP contribution in [0.2, 0.25) is 0 Å². The van der Waals surface area contributed by atoms with Gasteiger partial charge in [-0.25, -0.2) is 0 Å². The first-order valence-electron chi connectivity index (χ1n) is 20.5. The summed E-state index contributed by atoms with van der Waals surface area (Å²) >= 11 is 1.44. The molecular formula is C40H76N2O7S. The summed E-state index contributed by atoms with van der Waals surface area (Å²) in [5.74, 6) is -0.677. The van der Waals surface area contributed by atoms with Crippen LogP contribution in [-0.4, -0.2) is 65.7 Å². The van der Waals surface area contributed by atoms with E-state index in [2.05, 4.69) is 19.2 Å². The molecule has 0 aromatic carbocycles. The molecule has 0 aliphatic rings. The molecule has 0 aliphatic carbocycles. The standard InChI is InChI=1S/C40H76N2O7S/c1-3-5-7-9-11-13-17-21-25-29-38(45)48-32-35(49-39(46)30-26-22-18-14-12-10-8-6-4-2)33-50-34-36(41)40(47)42-31-27-23-19-15-16-20-24-28-37(43)44/h35-36H,3-34,41H2,1-2H3,(H,42,47)(H,43,44). The predicted molar refractivity (Wildman–Crippen MR) is 207 cm³/mol. The summed E-state index contributed by atoms with van der Waals surface area (Å²) < 4.78 is 11.3. The van der Waals surface area contributed by atoms with E-state index in [9.17, 15) is 19.2 Å². The van der Waals surface area contributed by atoms with Gasteiger partial charge in [-0.2, -0.15) is 11.8 Å². The van der Waals surface area contributed by atoms with Crippen LogP contribution in [0.15, 0.2) is 0 Å². The lowest BCUT2D eigenvalue weighted by atomic mass is 10.1. The summed E-state index contributed by atoms with van der Waals surface area (Å²) in [7, 11) is 0. The van der Waals surface area contributed by atoms with Crippen LogP contribution >= 0.6 is 11.8 Å². The van der Waals surface area contributed by atoms with Gasteiger partial charge in [0.1, 0.15) is 12.7 Å². The van der Waals surface area contributed by atoms with E-state index in [-0.39, 0.29) is 30.9 Å². The molecule has 0 saturated carbocycles. The predicted octanol–water partition coefficient (Wildman–Crippen LogP) is 9.67. The number of aliphatic carboxylic acids is 1. The van der Waals surface area contributed by atoms with Crippen LogP contribution in [0.3, 0.4) is 0 Å². The topological polar surface area (TPSA) is 145 Å². The van der Waals surface area contributed by atoms with Gasteiger partial charge in [-0.15, -0.1) is 0 Å². The highest BCUT2D eigenvalue weighted by Crippen LogP contribution is 2.15. The number of thioether (sulfide) groups is 1. The summed E-state index contributed by atoms with van der Waals surface area (Å²) in [4.78, 5) is 48.2. The Labute approximate surface area is 310 Å². The Morgan fingerprint density at radius 2 is 1.00 bits per heavy atom. The highest BCUT2D eigenvalue weighted by atomic mass is 32.2. The van der Waals surface area contributed by atoms with Gasteiger partial charge in [0.2, 0.25) is 5.91 Å². The second kappa shape index (κ2) is 37.0. The smallest absolute Gasteiger partial charge is 0.306 e. The van der Waals surface area contributed by atoms with Gasteiger partial charge < -0.3 is 25.6 Å². The molecule has 4 N–H and O–H groups in total. The second-order valence-electron chi connectivity index (χ2n) is 14.0. The van der Waals surface area contributed by atoms with Gasteiger partial charge in [-0.1, -0.05) is 149 Å². The highest BCUT2D eigenvalue weighted by Gasteiger charge is 2.20. The fourth-order valence-electron chi connectivity index (χ4n) is 5.81. The van der Waals surface area contributed by atoms with E-state index in [1.54, 1.807) is 0 Å². The summed E-state index contributed by atoms with van der Waals surface area (Å²) in [6.07, 6.45) is 28.3. The first-order chi connectivity index (χ1) is 24.3. The average molecular weight is 729 g/mol. The SMILES string of the molecule is CCCCCCCCCCCC(=O)OCC(CSCC(N)C(=O)NCCCCCCCCCC(=O)O)OC(=O)CCCCCCCCCCC. The lowest BCUT2D eigenvalue weighted by Crippen LogP contribution is -2.43. The molecule has 294 valence electrons. The van der Waals surface area contributed by atoms with Gasteiger partial charge in [-0.05, 0) is 25.7 Å². The number of hydrogen-bond acceptors (Lipinski definition) is 8. The molecule has 0 fully saturated rings. The molecule has 50 heavy (non-hydrogen) atoms. The van der Waals surface area contributed by atoms with Crippen LogP contribution in [0.4, 0.5) is 0 Å². The van der Waals surface area contributed by atoms with Gasteiger partial charge in [0.25, 0.3) is 0 Å². The molecule has 0 aliphatic heterocycles. The van der Waals surface area contributed by atoms with E-state index in [4.69, 9.17) is 20.3 Å². The first kappa shape index (κ1) is 48.2. The van der Waals surface area contributed by atoms with Crippen molar-refractivity contribution in [1.82, 2.24) is 5.32 Å². The molecule has 0 saturated heterocycles. The molecule has 10 heteroatoms. The normalized spacial score (nSPS) is 12.4. The molecule has 9 nitrogen and oxygen atoms in total. The lowest BCUT2D eigenvalue weighted by molar-refractivity contribution is -0.157. The van der Waals surface area contributed by atoms with Crippen molar-refractivity contribution in [2.24, 2.45) is 5.73 Å². The van der Waals surface area contributed by atoms with E-state index in [0.717, 1.165) is 83.5 Å². The highest BCUT2D eigenvalue weighted by molar-refractivity contribution is 7.99. The second-order valence-corrected chi connectivity index (χ2v) is 15.1. The van der Waals surface area contributed by atoms with Crippen LogP contribution in [0.25, 0.3) is 0 Å². The number of nitrogens with two attached hydrogens (primary N) is 1. The van der Waals surface area contributed by atoms with Crippen LogP contribution in [0.1, 0.15) is 194 Å². The maximum absolute atomic E-state index is 12.7. The van der Waals surface area contributed by atoms with E-state index in [1.807, 2.05) is 0 Å². The number of esters is 2. The average Bonchev–Trinajstić information content (AvgIpc) is 3.09. The monoisotopic (exact) mass is 729 g/mol. The number of amides is 1. The largest absolute Gasteiger partial charge is 0.481 e. The summed E-state index contributed by atoms with van der Waals surface area (Å²) in [6.45, 7) is 5.05. The van der Waals surface area contributed by atoms with Gasteiger partial charge in [0.15, 0.2) is 0 Å². The van der Waals surface area contributed by atoms with Crippen molar-refractivity contribution in [3.8, 4) is 0 Å². The molecule has 0 aromatic rings. The molecule has 2 atom stereocenters. The molecule has 0 spiro atoms. The summed E-state index contributed by atoms with van der Waals surface area (Å²) in [5.41, 5.74) is 6.15. The van der Waals surface area contributed by atoms with E-state index in [0.29, 0.717) is 30.9 Å². The van der Waals surface area contributed by atoms with Crippen LogP contribution in [0, 0.1) is 0 Å². The molecular weight excluding hydrogens is 653 g/mol. The Morgan fingerprint density at radius 1 is 0.580 bits per heavy atom. The third-order valence-corrected chi connectivity index (χ3v) is 10.2. The number of rotatable bonds is 38. The fourth-order valence-corrected chi connectivity index (χ4v) is 6.78. The van der Waals surface area contributed by atoms with Crippen molar-refractivity contribution in [2.45, 2.75) is 206 Å². The number of unbranched alkanes of at least 4 members (excludes halogenated alkanes) is 22. The Kier molecular flexibility index (Phi) is 35.6. The number of carboxylic acids is 1. The number of carboxylic acid groups (broad SMARTS) is 1. The van der Waals surface area contributed by atoms with E-state index < -0.39 is 18.1 Å². The molecule has 0 radical (unpaired) electrons. The molecule has 0 rings (SSSR count). The fraction of sp³-hybridized carbons (Fsp3) is 0.900. The zero-order valence-electron chi connectivity index (χ0n) is 32.2. The van der Waals surface area contributed by atoms with Crippen LogP contribution < -0.4 is 11.1 Å². The zero-order valence-corrected chi connectivity index (χ0v) is 33.0. The number of nitrogens with one attached hydrogen (secondary N) is 1. The number of ether oxygens (including phenoxy) is 2. The quantitative estimate of drug-likeness (QED) is 0.0418.